The van der Waals surface area contributed by atoms with E-state index >= 15 is 0 Å². The molecule has 0 aromatic carbocycles. The Balaban J connectivity index is 3.89. The van der Waals surface area contributed by atoms with E-state index in [1.807, 2.05) is 0 Å². The number of ether oxygens (including phenoxy) is 1. The van der Waals surface area contributed by atoms with Crippen molar-refractivity contribution in [2.75, 3.05) is 13.2 Å². The molecule has 7 heteroatoms. The molecule has 0 fully saturated rings. The number of phosphoric acid groups is 1. The largest absolute Gasteiger partial charge is 0.469 e. The fraction of sp³-hybridized carbons (Fsp3) is 0.500. The fourth-order valence-corrected chi connectivity index (χ4v) is 0.778. The third-order valence-corrected chi connectivity index (χ3v) is 1.44. The molecule has 0 atom stereocenters. The van der Waals surface area contributed by atoms with E-state index in [2.05, 4.69) is 15.8 Å². The van der Waals surface area contributed by atoms with E-state index in [9.17, 15) is 9.36 Å². The van der Waals surface area contributed by atoms with Gasteiger partial charge in [0.1, 0.15) is 0 Å². The first kappa shape index (κ1) is 12.3. The second kappa shape index (κ2) is 5.14. The van der Waals surface area contributed by atoms with Crippen LogP contribution in [0.25, 0.3) is 0 Å². The Bertz CT molecular complexity index is 242. The number of esters is 1. The molecule has 0 amide bonds. The van der Waals surface area contributed by atoms with Crippen molar-refractivity contribution in [1.82, 2.24) is 0 Å². The predicted molar refractivity (Wildman–Crippen MR) is 43.8 cm³/mol. The summed E-state index contributed by atoms with van der Waals surface area (Å²) in [6, 6.07) is 0. The Hall–Kier alpha value is -0.680. The summed E-state index contributed by atoms with van der Waals surface area (Å²) in [4.78, 5) is 27.4. The molecule has 0 aromatic rings. The van der Waals surface area contributed by atoms with E-state index in [4.69, 9.17) is 9.79 Å². The van der Waals surface area contributed by atoms with Gasteiger partial charge in [-0.3, -0.25) is 4.52 Å². The van der Waals surface area contributed by atoms with Gasteiger partial charge in [0.25, 0.3) is 0 Å². The third-order valence-electron chi connectivity index (χ3n) is 0.971. The summed E-state index contributed by atoms with van der Waals surface area (Å²) in [6.45, 7) is 4.48. The van der Waals surface area contributed by atoms with Crippen molar-refractivity contribution in [3.63, 3.8) is 0 Å². The van der Waals surface area contributed by atoms with Crippen molar-refractivity contribution in [2.45, 2.75) is 6.92 Å². The van der Waals surface area contributed by atoms with Crippen LogP contribution in [0.5, 0.6) is 0 Å². The predicted octanol–water partition coefficient (Wildman–Crippen LogP) is 0.215. The van der Waals surface area contributed by atoms with Crippen molar-refractivity contribution in [3.8, 4) is 0 Å². The summed E-state index contributed by atoms with van der Waals surface area (Å²) in [7, 11) is -4.55. The van der Waals surface area contributed by atoms with Gasteiger partial charge < -0.3 is 14.5 Å². The number of carbonyl (C=O) groups excluding carboxylic acids is 1. The lowest BCUT2D eigenvalue weighted by Crippen LogP contribution is -2.10. The minimum absolute atomic E-state index is 0.134. The van der Waals surface area contributed by atoms with Crippen molar-refractivity contribution in [2.24, 2.45) is 0 Å². The second-order valence-electron chi connectivity index (χ2n) is 2.09. The quantitative estimate of drug-likeness (QED) is 0.383. The van der Waals surface area contributed by atoms with Gasteiger partial charge in [0.15, 0.2) is 0 Å². The molecule has 0 spiro atoms. The van der Waals surface area contributed by atoms with E-state index < -0.39 is 20.4 Å². The standard InChI is InChI=1S/C6H11O6P/c1-3-11-6(7)5(2)4-12-13(8,9)10/h2-4H2,1H3,(H2,8,9,10). The Kier molecular flexibility index (Phi) is 4.87. The third kappa shape index (κ3) is 6.48. The molecule has 0 aromatic heterocycles. The Morgan fingerprint density at radius 3 is 2.46 bits per heavy atom. The van der Waals surface area contributed by atoms with Gasteiger partial charge in [0.05, 0.1) is 18.8 Å². The highest BCUT2D eigenvalue weighted by Crippen LogP contribution is 2.35. The highest BCUT2D eigenvalue weighted by atomic mass is 31.2. The molecule has 0 aliphatic heterocycles. The fourth-order valence-electron chi connectivity index (χ4n) is 0.454. The molecular formula is C6H11O6P. The van der Waals surface area contributed by atoms with Crippen molar-refractivity contribution >= 4 is 13.8 Å². The summed E-state index contributed by atoms with van der Waals surface area (Å²) in [6.07, 6.45) is 0. The maximum Gasteiger partial charge on any atom is 0.469 e. The van der Waals surface area contributed by atoms with Gasteiger partial charge in [0, 0.05) is 0 Å². The first-order valence-electron chi connectivity index (χ1n) is 3.41. The van der Waals surface area contributed by atoms with Crippen LogP contribution < -0.4 is 0 Å². The molecule has 0 heterocycles. The molecule has 0 rings (SSSR count). The first-order valence-corrected chi connectivity index (χ1v) is 4.95. The Morgan fingerprint density at radius 1 is 1.54 bits per heavy atom. The lowest BCUT2D eigenvalue weighted by molar-refractivity contribution is -0.138. The van der Waals surface area contributed by atoms with Gasteiger partial charge in [-0.05, 0) is 6.92 Å². The molecule has 0 unspecified atom stereocenters. The number of hydrogen-bond acceptors (Lipinski definition) is 4. The molecule has 2 N–H and O–H groups in total. The van der Waals surface area contributed by atoms with Crippen LogP contribution in [0.1, 0.15) is 6.92 Å². The molecule has 6 nitrogen and oxygen atoms in total. The van der Waals surface area contributed by atoms with Crippen LogP contribution in [0.3, 0.4) is 0 Å². The molecule has 0 saturated carbocycles. The molecular weight excluding hydrogens is 199 g/mol. The van der Waals surface area contributed by atoms with Crippen LogP contribution in [0.2, 0.25) is 0 Å². The first-order chi connectivity index (χ1) is 5.87. The highest BCUT2D eigenvalue weighted by Gasteiger charge is 2.17. The van der Waals surface area contributed by atoms with Crippen LogP contribution in [0.4, 0.5) is 0 Å². The molecule has 76 valence electrons. The van der Waals surface area contributed by atoms with E-state index in [0.717, 1.165) is 0 Å². The minimum atomic E-state index is -4.55. The van der Waals surface area contributed by atoms with E-state index in [-0.39, 0.29) is 12.2 Å². The molecule has 0 bridgehead atoms. The molecule has 0 aliphatic carbocycles. The smallest absolute Gasteiger partial charge is 0.463 e. The van der Waals surface area contributed by atoms with Crippen LogP contribution in [-0.4, -0.2) is 29.0 Å². The number of phosphoric ester groups is 1. The van der Waals surface area contributed by atoms with Gasteiger partial charge in [0.2, 0.25) is 0 Å². The lowest BCUT2D eigenvalue weighted by Gasteiger charge is -2.06. The van der Waals surface area contributed by atoms with Gasteiger partial charge >= 0.3 is 13.8 Å². The highest BCUT2D eigenvalue weighted by molar-refractivity contribution is 7.46. The summed E-state index contributed by atoms with van der Waals surface area (Å²) in [5, 5.41) is 0. The van der Waals surface area contributed by atoms with Crippen LogP contribution in [-0.2, 0) is 18.6 Å². The molecule has 0 aliphatic rings. The average molecular weight is 210 g/mol. The Labute approximate surface area is 75.4 Å². The Morgan fingerprint density at radius 2 is 2.08 bits per heavy atom. The lowest BCUT2D eigenvalue weighted by atomic mass is 10.3. The maximum absolute atomic E-state index is 10.8. The SMILES string of the molecule is C=C(COP(=O)(O)O)C(=O)OCC. The summed E-state index contributed by atoms with van der Waals surface area (Å²) in [5.41, 5.74) is -0.134. The van der Waals surface area contributed by atoms with Crippen LogP contribution >= 0.6 is 7.82 Å². The minimum Gasteiger partial charge on any atom is -0.463 e. The monoisotopic (exact) mass is 210 g/mol. The average Bonchev–Trinajstić information content (AvgIpc) is 1.99. The van der Waals surface area contributed by atoms with Crippen molar-refractivity contribution in [3.05, 3.63) is 12.2 Å². The number of carbonyl (C=O) groups is 1. The molecule has 13 heavy (non-hydrogen) atoms. The second-order valence-corrected chi connectivity index (χ2v) is 3.33. The summed E-state index contributed by atoms with van der Waals surface area (Å²) >= 11 is 0. The van der Waals surface area contributed by atoms with E-state index in [1.165, 1.54) is 0 Å². The maximum atomic E-state index is 10.8. The van der Waals surface area contributed by atoms with Gasteiger partial charge in [-0.1, -0.05) is 6.58 Å². The van der Waals surface area contributed by atoms with E-state index in [1.54, 1.807) is 6.92 Å². The summed E-state index contributed by atoms with van der Waals surface area (Å²) < 4.78 is 18.7. The number of hydrogen-bond donors (Lipinski definition) is 2. The molecule has 0 saturated heterocycles. The zero-order valence-electron chi connectivity index (χ0n) is 7.10. The van der Waals surface area contributed by atoms with Gasteiger partial charge in [-0.25, -0.2) is 9.36 Å². The molecule has 0 radical (unpaired) electrons. The van der Waals surface area contributed by atoms with Gasteiger partial charge in [-0.2, -0.15) is 0 Å². The van der Waals surface area contributed by atoms with E-state index in [0.29, 0.717) is 0 Å². The zero-order chi connectivity index (χ0) is 10.5. The topological polar surface area (TPSA) is 93.1 Å². The summed E-state index contributed by atoms with van der Waals surface area (Å²) in [5.74, 6) is -0.726. The van der Waals surface area contributed by atoms with Gasteiger partial charge in [-0.15, -0.1) is 0 Å². The number of rotatable bonds is 5. The van der Waals surface area contributed by atoms with Crippen molar-refractivity contribution in [1.29, 1.82) is 0 Å². The van der Waals surface area contributed by atoms with Crippen LogP contribution in [0.15, 0.2) is 12.2 Å². The van der Waals surface area contributed by atoms with Crippen molar-refractivity contribution < 1.29 is 28.4 Å². The van der Waals surface area contributed by atoms with Crippen LogP contribution in [0, 0.1) is 0 Å². The normalized spacial score (nSPS) is 11.0. The zero-order valence-corrected chi connectivity index (χ0v) is 7.99.